The van der Waals surface area contributed by atoms with Crippen LogP contribution >= 0.6 is 0 Å². The van der Waals surface area contributed by atoms with E-state index in [9.17, 15) is 9.59 Å². The van der Waals surface area contributed by atoms with Crippen LogP contribution in [0, 0.1) is 0 Å². The number of para-hydroxylation sites is 1. The lowest BCUT2D eigenvalue weighted by Gasteiger charge is -2.21. The highest BCUT2D eigenvalue weighted by Crippen LogP contribution is 2.28. The van der Waals surface area contributed by atoms with Crippen LogP contribution in [-0.4, -0.2) is 28.9 Å². The number of nitrogens with zero attached hydrogens (tertiary/aromatic N) is 1. The zero-order valence-corrected chi connectivity index (χ0v) is 14.7. The number of fused-ring (bicyclic) bond motifs is 1. The SMILES string of the molecule is O=C(c1cc(=O)c2ccccc2[nH]1)N1CCCC(c2ccccc2)CC1. The molecule has 1 amide bonds. The number of benzene rings is 2. The molecule has 0 saturated carbocycles. The molecule has 4 heteroatoms. The van der Waals surface area contributed by atoms with Gasteiger partial charge in [0, 0.05) is 30.1 Å². The van der Waals surface area contributed by atoms with E-state index in [-0.39, 0.29) is 11.3 Å². The van der Waals surface area contributed by atoms with E-state index in [1.165, 1.54) is 11.6 Å². The largest absolute Gasteiger partial charge is 0.350 e. The fourth-order valence-electron chi connectivity index (χ4n) is 3.84. The number of amides is 1. The smallest absolute Gasteiger partial charge is 0.270 e. The highest BCUT2D eigenvalue weighted by Gasteiger charge is 2.23. The number of hydrogen-bond donors (Lipinski definition) is 1. The van der Waals surface area contributed by atoms with E-state index < -0.39 is 0 Å². The predicted octanol–water partition coefficient (Wildman–Crippen LogP) is 3.94. The van der Waals surface area contributed by atoms with Crippen LogP contribution in [0.25, 0.3) is 10.9 Å². The summed E-state index contributed by atoms with van der Waals surface area (Å²) in [6.07, 6.45) is 3.01. The zero-order valence-electron chi connectivity index (χ0n) is 14.7. The molecule has 0 radical (unpaired) electrons. The minimum atomic E-state index is -0.111. The van der Waals surface area contributed by atoms with Gasteiger partial charge in [0.2, 0.25) is 0 Å². The fraction of sp³-hybridized carbons (Fsp3) is 0.273. The van der Waals surface area contributed by atoms with Gasteiger partial charge < -0.3 is 9.88 Å². The standard InChI is InChI=1S/C22H22N2O2/c25-21-15-20(23-19-11-5-4-10-18(19)21)22(26)24-13-6-9-17(12-14-24)16-7-2-1-3-8-16/h1-5,7-8,10-11,15,17H,6,9,12-14H2,(H,23,25). The summed E-state index contributed by atoms with van der Waals surface area (Å²) < 4.78 is 0. The van der Waals surface area contributed by atoms with Crippen molar-refractivity contribution in [2.75, 3.05) is 13.1 Å². The number of pyridine rings is 1. The van der Waals surface area contributed by atoms with Crippen molar-refractivity contribution in [3.63, 3.8) is 0 Å². The Hall–Kier alpha value is -2.88. The van der Waals surface area contributed by atoms with E-state index in [1.54, 1.807) is 6.07 Å². The third kappa shape index (κ3) is 3.27. The number of carbonyl (C=O) groups is 1. The van der Waals surface area contributed by atoms with Crippen molar-refractivity contribution < 1.29 is 4.79 Å². The first-order chi connectivity index (χ1) is 12.7. The molecular formula is C22H22N2O2. The van der Waals surface area contributed by atoms with E-state index in [0.29, 0.717) is 29.1 Å². The van der Waals surface area contributed by atoms with Gasteiger partial charge in [0.15, 0.2) is 5.43 Å². The van der Waals surface area contributed by atoms with Crippen molar-refractivity contribution in [2.45, 2.75) is 25.2 Å². The van der Waals surface area contributed by atoms with Crippen LogP contribution < -0.4 is 5.43 Å². The summed E-state index contributed by atoms with van der Waals surface area (Å²) in [4.78, 5) is 30.3. The first-order valence-electron chi connectivity index (χ1n) is 9.18. The summed E-state index contributed by atoms with van der Waals surface area (Å²) in [6, 6.07) is 19.3. The van der Waals surface area contributed by atoms with Crippen LogP contribution in [0.2, 0.25) is 0 Å². The van der Waals surface area contributed by atoms with E-state index in [4.69, 9.17) is 0 Å². The van der Waals surface area contributed by atoms with Crippen LogP contribution in [0.4, 0.5) is 0 Å². The summed E-state index contributed by atoms with van der Waals surface area (Å²) in [6.45, 7) is 1.45. The Bertz CT molecular complexity index is 978. The Morgan fingerprint density at radius 2 is 1.73 bits per heavy atom. The number of rotatable bonds is 2. The molecule has 4 rings (SSSR count). The predicted molar refractivity (Wildman–Crippen MR) is 104 cm³/mol. The second kappa shape index (κ2) is 7.16. The number of H-pyrrole nitrogens is 1. The minimum absolute atomic E-state index is 0.0819. The van der Waals surface area contributed by atoms with Crippen LogP contribution in [0.5, 0.6) is 0 Å². The molecule has 2 heterocycles. The van der Waals surface area contributed by atoms with E-state index in [0.717, 1.165) is 25.8 Å². The van der Waals surface area contributed by atoms with Crippen molar-refractivity contribution >= 4 is 16.8 Å². The fourth-order valence-corrected chi connectivity index (χ4v) is 3.84. The topological polar surface area (TPSA) is 53.2 Å². The molecule has 2 aromatic carbocycles. The van der Waals surface area contributed by atoms with E-state index >= 15 is 0 Å². The quantitative estimate of drug-likeness (QED) is 0.764. The average molecular weight is 346 g/mol. The maximum Gasteiger partial charge on any atom is 0.270 e. The number of nitrogens with one attached hydrogen (secondary N) is 1. The van der Waals surface area contributed by atoms with Crippen LogP contribution in [0.15, 0.2) is 65.5 Å². The molecule has 1 unspecified atom stereocenters. The Morgan fingerprint density at radius 1 is 0.962 bits per heavy atom. The number of hydrogen-bond acceptors (Lipinski definition) is 2. The van der Waals surface area contributed by atoms with Gasteiger partial charge in [-0.15, -0.1) is 0 Å². The lowest BCUT2D eigenvalue weighted by atomic mass is 9.92. The maximum absolute atomic E-state index is 12.9. The molecule has 1 aliphatic rings. The second-order valence-electron chi connectivity index (χ2n) is 6.92. The van der Waals surface area contributed by atoms with E-state index in [2.05, 4.69) is 29.2 Å². The van der Waals surface area contributed by atoms with Gasteiger partial charge in [0.05, 0.1) is 0 Å². The number of aromatic amines is 1. The zero-order chi connectivity index (χ0) is 17.9. The minimum Gasteiger partial charge on any atom is -0.350 e. The molecule has 132 valence electrons. The van der Waals surface area contributed by atoms with Crippen molar-refractivity contribution in [3.05, 3.63) is 82.1 Å². The summed E-state index contributed by atoms with van der Waals surface area (Å²) in [5, 5.41) is 0.615. The summed E-state index contributed by atoms with van der Waals surface area (Å²) in [7, 11) is 0. The molecule has 1 aromatic heterocycles. The van der Waals surface area contributed by atoms with Gasteiger partial charge in [-0.1, -0.05) is 42.5 Å². The van der Waals surface area contributed by atoms with Crippen LogP contribution in [0.3, 0.4) is 0 Å². The highest BCUT2D eigenvalue weighted by atomic mass is 16.2. The first-order valence-corrected chi connectivity index (χ1v) is 9.18. The molecule has 1 saturated heterocycles. The van der Waals surface area contributed by atoms with Crippen molar-refractivity contribution in [1.82, 2.24) is 9.88 Å². The summed E-state index contributed by atoms with van der Waals surface area (Å²) in [5.41, 5.74) is 2.33. The molecule has 0 spiro atoms. The Morgan fingerprint density at radius 3 is 2.58 bits per heavy atom. The van der Waals surface area contributed by atoms with Crippen LogP contribution in [0.1, 0.15) is 41.2 Å². The average Bonchev–Trinajstić information content (AvgIpc) is 2.94. The second-order valence-corrected chi connectivity index (χ2v) is 6.92. The van der Waals surface area contributed by atoms with Crippen molar-refractivity contribution in [2.24, 2.45) is 0 Å². The molecule has 1 atom stereocenters. The van der Waals surface area contributed by atoms with Gasteiger partial charge in [-0.05, 0) is 42.9 Å². The summed E-state index contributed by atoms with van der Waals surface area (Å²) >= 11 is 0. The van der Waals surface area contributed by atoms with Gasteiger partial charge >= 0.3 is 0 Å². The van der Waals surface area contributed by atoms with Crippen molar-refractivity contribution in [3.8, 4) is 0 Å². The van der Waals surface area contributed by atoms with E-state index in [1.807, 2.05) is 29.2 Å². The molecule has 3 aromatic rings. The molecule has 0 aliphatic carbocycles. The van der Waals surface area contributed by atoms with Crippen molar-refractivity contribution in [1.29, 1.82) is 0 Å². The number of likely N-dealkylation sites (tertiary alicyclic amines) is 1. The number of carbonyl (C=O) groups excluding carboxylic acids is 1. The highest BCUT2D eigenvalue weighted by molar-refractivity contribution is 5.94. The molecule has 1 aliphatic heterocycles. The normalized spacial score (nSPS) is 17.8. The number of aromatic nitrogens is 1. The molecule has 26 heavy (non-hydrogen) atoms. The lowest BCUT2D eigenvalue weighted by molar-refractivity contribution is 0.0755. The van der Waals surface area contributed by atoms with Gasteiger partial charge in [0.25, 0.3) is 5.91 Å². The van der Waals surface area contributed by atoms with Gasteiger partial charge in [0.1, 0.15) is 5.69 Å². The molecular weight excluding hydrogens is 324 g/mol. The summed E-state index contributed by atoms with van der Waals surface area (Å²) in [5.74, 6) is 0.409. The molecule has 0 bridgehead atoms. The first kappa shape index (κ1) is 16.6. The molecule has 4 nitrogen and oxygen atoms in total. The van der Waals surface area contributed by atoms with Gasteiger partial charge in [-0.2, -0.15) is 0 Å². The maximum atomic E-state index is 12.9. The lowest BCUT2D eigenvalue weighted by Crippen LogP contribution is -2.33. The third-order valence-corrected chi connectivity index (χ3v) is 5.25. The Kier molecular flexibility index (Phi) is 4.57. The van der Waals surface area contributed by atoms with Gasteiger partial charge in [-0.3, -0.25) is 9.59 Å². The van der Waals surface area contributed by atoms with Gasteiger partial charge in [-0.25, -0.2) is 0 Å². The Balaban J connectivity index is 1.54. The Labute approximate surface area is 152 Å². The molecule has 1 N–H and O–H groups in total. The van der Waals surface area contributed by atoms with Crippen LogP contribution in [-0.2, 0) is 0 Å². The third-order valence-electron chi connectivity index (χ3n) is 5.25. The molecule has 1 fully saturated rings. The monoisotopic (exact) mass is 346 g/mol.